The van der Waals surface area contributed by atoms with Gasteiger partial charge in [0.25, 0.3) is 5.91 Å². The molecule has 1 unspecified atom stereocenters. The average molecular weight is 237 g/mol. The Morgan fingerprint density at radius 2 is 2.06 bits per heavy atom. The molecule has 0 spiro atoms. The maximum atomic E-state index is 11.7. The van der Waals surface area contributed by atoms with Gasteiger partial charge in [0.05, 0.1) is 0 Å². The minimum Gasteiger partial charge on any atom is -0.382 e. The number of hydrogen-bond acceptors (Lipinski definition) is 5. The number of hydrogen-bond donors (Lipinski definition) is 3. The second kappa shape index (κ2) is 5.78. The number of carbonyl (C=O) groups excluding carboxylic acids is 2. The molecule has 0 aromatic carbocycles. The number of amides is 2. The van der Waals surface area contributed by atoms with E-state index < -0.39 is 11.9 Å². The molecule has 2 amide bonds. The molecule has 1 rings (SSSR count). The fourth-order valence-electron chi connectivity index (χ4n) is 1.18. The molecule has 0 aliphatic carbocycles. The van der Waals surface area contributed by atoms with Gasteiger partial charge in [0.15, 0.2) is 11.5 Å². The number of anilines is 1. The Morgan fingerprint density at radius 3 is 2.65 bits per heavy atom. The van der Waals surface area contributed by atoms with Crippen LogP contribution in [0, 0.1) is 0 Å². The highest BCUT2D eigenvalue weighted by Gasteiger charge is 2.18. The Morgan fingerprint density at radius 1 is 1.41 bits per heavy atom. The van der Waals surface area contributed by atoms with Crippen molar-refractivity contribution in [2.24, 2.45) is 0 Å². The summed E-state index contributed by atoms with van der Waals surface area (Å²) in [5.74, 6) is -0.745. The first kappa shape index (κ1) is 12.9. The monoisotopic (exact) mass is 237 g/mol. The van der Waals surface area contributed by atoms with E-state index >= 15 is 0 Å². The largest absolute Gasteiger partial charge is 0.382 e. The summed E-state index contributed by atoms with van der Waals surface area (Å²) in [6, 6.07) is -0.649. The Labute approximate surface area is 98.8 Å². The quantitative estimate of drug-likeness (QED) is 0.642. The van der Waals surface area contributed by atoms with E-state index in [-0.39, 0.29) is 17.4 Å². The molecule has 0 radical (unpaired) electrons. The fourth-order valence-corrected chi connectivity index (χ4v) is 1.18. The summed E-state index contributed by atoms with van der Waals surface area (Å²) in [7, 11) is 0. The molecule has 0 bridgehead atoms. The van der Waals surface area contributed by atoms with Crippen LogP contribution < -0.4 is 16.4 Å². The van der Waals surface area contributed by atoms with Gasteiger partial charge in [-0.25, -0.2) is 9.97 Å². The van der Waals surface area contributed by atoms with E-state index in [9.17, 15) is 9.59 Å². The molecule has 92 valence electrons. The number of nitrogens with one attached hydrogen (secondary N) is 2. The van der Waals surface area contributed by atoms with Crippen molar-refractivity contribution in [3.63, 3.8) is 0 Å². The third-order valence-electron chi connectivity index (χ3n) is 2.03. The number of nitrogens with zero attached hydrogens (tertiary/aromatic N) is 2. The number of nitrogen functional groups attached to an aromatic ring is 1. The summed E-state index contributed by atoms with van der Waals surface area (Å²) in [6.45, 7) is 3.88. The summed E-state index contributed by atoms with van der Waals surface area (Å²) in [6.07, 6.45) is 2.75. The fraction of sp³-hybridized carbons (Fsp3) is 0.400. The van der Waals surface area contributed by atoms with Gasteiger partial charge in [0.1, 0.15) is 6.04 Å². The molecule has 1 heterocycles. The summed E-state index contributed by atoms with van der Waals surface area (Å²) in [4.78, 5) is 30.7. The van der Waals surface area contributed by atoms with Crippen molar-refractivity contribution < 1.29 is 9.59 Å². The molecule has 0 fully saturated rings. The van der Waals surface area contributed by atoms with Gasteiger partial charge in [0, 0.05) is 18.9 Å². The molecule has 1 aromatic heterocycles. The standard InChI is InChI=1S/C10H15N5O2/c1-3-12-9(16)6(2)15-10(17)7-8(11)14-5-4-13-7/h4-6H,3H2,1-2H3,(H2,11,14)(H,12,16)(H,15,17). The van der Waals surface area contributed by atoms with Crippen molar-refractivity contribution in [1.29, 1.82) is 0 Å². The van der Waals surface area contributed by atoms with Crippen LogP contribution in [0.5, 0.6) is 0 Å². The summed E-state index contributed by atoms with van der Waals surface area (Å²) in [5.41, 5.74) is 5.51. The molecule has 4 N–H and O–H groups in total. The van der Waals surface area contributed by atoms with Gasteiger partial charge in [-0.1, -0.05) is 0 Å². The van der Waals surface area contributed by atoms with E-state index in [1.54, 1.807) is 13.8 Å². The molecule has 17 heavy (non-hydrogen) atoms. The highest BCUT2D eigenvalue weighted by molar-refractivity contribution is 5.98. The normalized spacial score (nSPS) is 11.6. The van der Waals surface area contributed by atoms with Crippen LogP contribution in [-0.2, 0) is 4.79 Å². The predicted molar refractivity (Wildman–Crippen MR) is 62.1 cm³/mol. The van der Waals surface area contributed by atoms with Crippen molar-refractivity contribution in [2.45, 2.75) is 19.9 Å². The van der Waals surface area contributed by atoms with Crippen molar-refractivity contribution in [3.8, 4) is 0 Å². The first-order valence-electron chi connectivity index (χ1n) is 5.21. The Bertz CT molecular complexity index is 421. The smallest absolute Gasteiger partial charge is 0.274 e. The molecule has 0 saturated heterocycles. The van der Waals surface area contributed by atoms with E-state index in [1.807, 2.05) is 0 Å². The molecular weight excluding hydrogens is 222 g/mol. The van der Waals surface area contributed by atoms with Crippen molar-refractivity contribution in [2.75, 3.05) is 12.3 Å². The van der Waals surface area contributed by atoms with E-state index in [1.165, 1.54) is 12.4 Å². The van der Waals surface area contributed by atoms with E-state index in [4.69, 9.17) is 5.73 Å². The SMILES string of the molecule is CCNC(=O)C(C)NC(=O)c1nccnc1N. The maximum absolute atomic E-state index is 11.7. The zero-order chi connectivity index (χ0) is 12.8. The lowest BCUT2D eigenvalue weighted by Crippen LogP contribution is -2.45. The Balaban J connectivity index is 2.67. The first-order valence-corrected chi connectivity index (χ1v) is 5.21. The third-order valence-corrected chi connectivity index (χ3v) is 2.03. The Hall–Kier alpha value is -2.18. The Kier molecular flexibility index (Phi) is 4.38. The van der Waals surface area contributed by atoms with Crippen LogP contribution >= 0.6 is 0 Å². The zero-order valence-electron chi connectivity index (χ0n) is 9.73. The first-order chi connectivity index (χ1) is 8.06. The van der Waals surface area contributed by atoms with Gasteiger partial charge in [-0.3, -0.25) is 9.59 Å². The van der Waals surface area contributed by atoms with E-state index in [0.717, 1.165) is 0 Å². The topological polar surface area (TPSA) is 110 Å². The molecule has 7 heteroatoms. The molecular formula is C10H15N5O2. The molecule has 0 aliphatic heterocycles. The van der Waals surface area contributed by atoms with Crippen LogP contribution in [0.4, 0.5) is 5.82 Å². The van der Waals surface area contributed by atoms with Crippen LogP contribution in [0.25, 0.3) is 0 Å². The van der Waals surface area contributed by atoms with Crippen molar-refractivity contribution in [3.05, 3.63) is 18.1 Å². The minimum atomic E-state index is -0.649. The molecule has 1 atom stereocenters. The average Bonchev–Trinajstić information content (AvgIpc) is 2.29. The maximum Gasteiger partial charge on any atom is 0.274 e. The van der Waals surface area contributed by atoms with Gasteiger partial charge in [-0.15, -0.1) is 0 Å². The van der Waals surface area contributed by atoms with Gasteiger partial charge in [0.2, 0.25) is 5.91 Å². The van der Waals surface area contributed by atoms with Gasteiger partial charge >= 0.3 is 0 Å². The lowest BCUT2D eigenvalue weighted by Gasteiger charge is -2.13. The van der Waals surface area contributed by atoms with Crippen molar-refractivity contribution in [1.82, 2.24) is 20.6 Å². The lowest BCUT2D eigenvalue weighted by molar-refractivity contribution is -0.122. The predicted octanol–water partition coefficient (Wildman–Crippen LogP) is -0.687. The summed E-state index contributed by atoms with van der Waals surface area (Å²) >= 11 is 0. The number of carbonyl (C=O) groups is 2. The van der Waals surface area contributed by atoms with Crippen LogP contribution in [-0.4, -0.2) is 34.4 Å². The van der Waals surface area contributed by atoms with Crippen LogP contribution in [0.1, 0.15) is 24.3 Å². The number of likely N-dealkylation sites (N-methyl/N-ethyl adjacent to an activating group) is 1. The van der Waals surface area contributed by atoms with E-state index in [2.05, 4.69) is 20.6 Å². The third kappa shape index (κ3) is 3.40. The van der Waals surface area contributed by atoms with Gasteiger partial charge in [-0.2, -0.15) is 0 Å². The highest BCUT2D eigenvalue weighted by atomic mass is 16.2. The number of rotatable bonds is 4. The lowest BCUT2D eigenvalue weighted by atomic mass is 10.3. The van der Waals surface area contributed by atoms with E-state index in [0.29, 0.717) is 6.54 Å². The van der Waals surface area contributed by atoms with Crippen molar-refractivity contribution >= 4 is 17.6 Å². The molecule has 0 saturated carbocycles. The number of aromatic nitrogens is 2. The van der Waals surface area contributed by atoms with Crippen LogP contribution in [0.3, 0.4) is 0 Å². The second-order valence-electron chi connectivity index (χ2n) is 3.38. The summed E-state index contributed by atoms with van der Waals surface area (Å²) < 4.78 is 0. The summed E-state index contributed by atoms with van der Waals surface area (Å²) in [5, 5.41) is 5.08. The number of nitrogens with two attached hydrogens (primary N) is 1. The zero-order valence-corrected chi connectivity index (χ0v) is 9.73. The van der Waals surface area contributed by atoms with Gasteiger partial charge < -0.3 is 16.4 Å². The highest BCUT2D eigenvalue weighted by Crippen LogP contribution is 2.02. The van der Waals surface area contributed by atoms with Crippen LogP contribution in [0.15, 0.2) is 12.4 Å². The second-order valence-corrected chi connectivity index (χ2v) is 3.38. The minimum absolute atomic E-state index is 0.0173. The van der Waals surface area contributed by atoms with Gasteiger partial charge in [-0.05, 0) is 13.8 Å². The molecule has 1 aromatic rings. The molecule has 7 nitrogen and oxygen atoms in total. The molecule has 0 aliphatic rings. The van der Waals surface area contributed by atoms with Crippen LogP contribution in [0.2, 0.25) is 0 Å².